The summed E-state index contributed by atoms with van der Waals surface area (Å²) in [6, 6.07) is 9.25. The molecule has 0 saturated carbocycles. The maximum absolute atomic E-state index is 12.2. The van der Waals surface area contributed by atoms with Crippen molar-refractivity contribution < 1.29 is 19.5 Å². The molecule has 10 heteroatoms. The second-order valence-electron chi connectivity index (χ2n) is 5.94. The van der Waals surface area contributed by atoms with Gasteiger partial charge in [-0.15, -0.1) is 11.3 Å². The van der Waals surface area contributed by atoms with Crippen LogP contribution < -0.4 is 22.1 Å². The summed E-state index contributed by atoms with van der Waals surface area (Å²) in [5.74, 6) is -2.14. The van der Waals surface area contributed by atoms with E-state index in [1.54, 1.807) is 24.3 Å². The van der Waals surface area contributed by atoms with Crippen molar-refractivity contribution in [1.29, 1.82) is 0 Å². The molecule has 0 radical (unpaired) electrons. The Bertz CT molecular complexity index is 905. The predicted molar refractivity (Wildman–Crippen MR) is 106 cm³/mol. The molecule has 1 atom stereocenters. The number of aliphatic carboxylic acids is 1. The number of aliphatic imine (C=N–C) groups is 1. The molecule has 0 saturated heterocycles. The zero-order chi connectivity index (χ0) is 20.7. The third-order valence-corrected chi connectivity index (χ3v) is 4.71. The topological polar surface area (TPSA) is 160 Å². The SMILES string of the molecule is Cc1ccc(C(CC(=O)O)NC(=O)CNC(=O)c2cccc(N=C(N)N)c2)s1. The molecule has 2 rings (SSSR count). The van der Waals surface area contributed by atoms with Crippen LogP contribution in [0, 0.1) is 6.92 Å². The predicted octanol–water partition coefficient (Wildman–Crippen LogP) is 1.02. The normalized spacial score (nSPS) is 11.3. The average Bonchev–Trinajstić information content (AvgIpc) is 3.05. The molecular weight excluding hydrogens is 382 g/mol. The number of nitrogens with two attached hydrogens (primary N) is 2. The van der Waals surface area contributed by atoms with Gasteiger partial charge in [0.25, 0.3) is 5.91 Å². The van der Waals surface area contributed by atoms with E-state index in [2.05, 4.69) is 15.6 Å². The summed E-state index contributed by atoms with van der Waals surface area (Å²) in [5, 5.41) is 14.2. The molecule has 1 aromatic carbocycles. The number of hydrogen-bond acceptors (Lipinski definition) is 5. The monoisotopic (exact) mass is 403 g/mol. The smallest absolute Gasteiger partial charge is 0.305 e. The largest absolute Gasteiger partial charge is 0.481 e. The quantitative estimate of drug-likeness (QED) is 0.327. The number of carbonyl (C=O) groups is 3. The van der Waals surface area contributed by atoms with E-state index in [0.29, 0.717) is 5.69 Å². The number of nitrogens with zero attached hydrogens (tertiary/aromatic N) is 1. The Morgan fingerprint density at radius 2 is 1.96 bits per heavy atom. The number of carbonyl (C=O) groups excluding carboxylic acids is 2. The van der Waals surface area contributed by atoms with Gasteiger partial charge in [0, 0.05) is 15.3 Å². The Morgan fingerprint density at radius 1 is 1.21 bits per heavy atom. The highest BCUT2D eigenvalue weighted by atomic mass is 32.1. The van der Waals surface area contributed by atoms with Crippen LogP contribution in [0.1, 0.15) is 32.6 Å². The number of carboxylic acids is 1. The van der Waals surface area contributed by atoms with E-state index in [9.17, 15) is 14.4 Å². The molecule has 0 fully saturated rings. The second-order valence-corrected chi connectivity index (χ2v) is 7.26. The van der Waals surface area contributed by atoms with Gasteiger partial charge in [-0.25, -0.2) is 4.99 Å². The number of aryl methyl sites for hydroxylation is 1. The first-order valence-corrected chi connectivity index (χ1v) is 9.11. The van der Waals surface area contributed by atoms with E-state index in [-0.39, 0.29) is 24.5 Å². The highest BCUT2D eigenvalue weighted by molar-refractivity contribution is 7.12. The van der Waals surface area contributed by atoms with Crippen molar-refractivity contribution in [2.75, 3.05) is 6.54 Å². The highest BCUT2D eigenvalue weighted by Gasteiger charge is 2.20. The number of hydrogen-bond donors (Lipinski definition) is 5. The van der Waals surface area contributed by atoms with Crippen molar-refractivity contribution in [3.05, 3.63) is 51.7 Å². The van der Waals surface area contributed by atoms with E-state index in [4.69, 9.17) is 16.6 Å². The molecule has 0 aliphatic carbocycles. The number of benzene rings is 1. The summed E-state index contributed by atoms with van der Waals surface area (Å²) >= 11 is 1.41. The molecule has 7 N–H and O–H groups in total. The van der Waals surface area contributed by atoms with Gasteiger partial charge in [0.05, 0.1) is 24.7 Å². The van der Waals surface area contributed by atoms with Gasteiger partial charge in [0.2, 0.25) is 5.91 Å². The van der Waals surface area contributed by atoms with Crippen LogP contribution in [0.4, 0.5) is 5.69 Å². The lowest BCUT2D eigenvalue weighted by Crippen LogP contribution is -2.39. The Kier molecular flexibility index (Phi) is 7.10. The van der Waals surface area contributed by atoms with Crippen molar-refractivity contribution in [2.24, 2.45) is 16.5 Å². The van der Waals surface area contributed by atoms with Gasteiger partial charge in [-0.2, -0.15) is 0 Å². The van der Waals surface area contributed by atoms with Crippen molar-refractivity contribution in [3.63, 3.8) is 0 Å². The van der Waals surface area contributed by atoms with Gasteiger partial charge in [-0.3, -0.25) is 14.4 Å². The zero-order valence-corrected chi connectivity index (χ0v) is 16.0. The number of amides is 2. The molecule has 2 amide bonds. The summed E-state index contributed by atoms with van der Waals surface area (Å²) in [4.78, 5) is 41.1. The molecule has 148 valence electrons. The lowest BCUT2D eigenvalue weighted by molar-refractivity contribution is -0.137. The van der Waals surface area contributed by atoms with Crippen LogP contribution >= 0.6 is 11.3 Å². The van der Waals surface area contributed by atoms with Gasteiger partial charge in [0.1, 0.15) is 0 Å². The second kappa shape index (κ2) is 9.51. The third-order valence-electron chi connectivity index (χ3n) is 3.59. The fraction of sp³-hybridized carbons (Fsp3) is 0.222. The fourth-order valence-electron chi connectivity index (χ4n) is 2.41. The molecule has 9 nitrogen and oxygen atoms in total. The molecule has 1 heterocycles. The first-order valence-electron chi connectivity index (χ1n) is 8.30. The van der Waals surface area contributed by atoms with Gasteiger partial charge in [-0.1, -0.05) is 6.07 Å². The van der Waals surface area contributed by atoms with Crippen LogP contribution in [0.2, 0.25) is 0 Å². The maximum atomic E-state index is 12.2. The first kappa shape index (κ1) is 20.9. The Hall–Kier alpha value is -3.40. The number of guanidine groups is 1. The lowest BCUT2D eigenvalue weighted by atomic mass is 10.1. The molecule has 0 aliphatic heterocycles. The van der Waals surface area contributed by atoms with Crippen molar-refractivity contribution in [3.8, 4) is 0 Å². The Balaban J connectivity index is 1.97. The molecule has 0 bridgehead atoms. The van der Waals surface area contributed by atoms with Gasteiger partial charge in [0.15, 0.2) is 5.96 Å². The molecule has 1 aromatic heterocycles. The van der Waals surface area contributed by atoms with Crippen LogP contribution in [-0.4, -0.2) is 35.4 Å². The van der Waals surface area contributed by atoms with Crippen LogP contribution in [0.25, 0.3) is 0 Å². The number of thiophene rings is 1. The van der Waals surface area contributed by atoms with E-state index in [0.717, 1.165) is 9.75 Å². The Morgan fingerprint density at radius 3 is 2.57 bits per heavy atom. The zero-order valence-electron chi connectivity index (χ0n) is 15.1. The van der Waals surface area contributed by atoms with Gasteiger partial charge >= 0.3 is 5.97 Å². The van der Waals surface area contributed by atoms with Crippen molar-refractivity contribution >= 4 is 40.8 Å². The van der Waals surface area contributed by atoms with E-state index in [1.165, 1.54) is 17.4 Å². The molecule has 0 spiro atoms. The molecule has 28 heavy (non-hydrogen) atoms. The summed E-state index contributed by atoms with van der Waals surface area (Å²) < 4.78 is 0. The van der Waals surface area contributed by atoms with Crippen LogP contribution in [0.5, 0.6) is 0 Å². The minimum Gasteiger partial charge on any atom is -0.481 e. The van der Waals surface area contributed by atoms with E-state index in [1.807, 2.05) is 13.0 Å². The number of nitrogens with one attached hydrogen (secondary N) is 2. The maximum Gasteiger partial charge on any atom is 0.305 e. The number of rotatable bonds is 8. The van der Waals surface area contributed by atoms with Crippen molar-refractivity contribution in [1.82, 2.24) is 10.6 Å². The van der Waals surface area contributed by atoms with E-state index >= 15 is 0 Å². The highest BCUT2D eigenvalue weighted by Crippen LogP contribution is 2.25. The van der Waals surface area contributed by atoms with Gasteiger partial charge < -0.3 is 27.2 Å². The average molecular weight is 403 g/mol. The standard InChI is InChI=1S/C18H21N5O4S/c1-10-5-6-14(28-10)13(8-16(25)26)23-15(24)9-21-17(27)11-3-2-4-12(7-11)22-18(19)20/h2-7,13H,8-9H2,1H3,(H,21,27)(H,23,24)(H,25,26)(H4,19,20,22). The first-order chi connectivity index (χ1) is 13.2. The van der Waals surface area contributed by atoms with Gasteiger partial charge in [-0.05, 0) is 37.3 Å². The minimum absolute atomic E-state index is 0.134. The summed E-state index contributed by atoms with van der Waals surface area (Å²) in [5.41, 5.74) is 11.3. The third kappa shape index (κ3) is 6.40. The van der Waals surface area contributed by atoms with Crippen LogP contribution in [0.3, 0.4) is 0 Å². The molecular formula is C18H21N5O4S. The summed E-state index contributed by atoms with van der Waals surface area (Å²) in [6.45, 7) is 1.59. The molecule has 2 aromatic rings. The summed E-state index contributed by atoms with van der Waals surface area (Å²) in [6.07, 6.45) is -0.250. The fourth-order valence-corrected chi connectivity index (χ4v) is 3.34. The summed E-state index contributed by atoms with van der Waals surface area (Å²) in [7, 11) is 0. The Labute approximate surface area is 165 Å². The number of carboxylic acid groups (broad SMARTS) is 1. The molecule has 1 unspecified atom stereocenters. The van der Waals surface area contributed by atoms with Crippen LogP contribution in [0.15, 0.2) is 41.4 Å². The van der Waals surface area contributed by atoms with E-state index < -0.39 is 23.8 Å². The lowest BCUT2D eigenvalue weighted by Gasteiger charge is -2.16. The minimum atomic E-state index is -1.03. The molecule has 0 aliphatic rings. The van der Waals surface area contributed by atoms with Crippen molar-refractivity contribution in [2.45, 2.75) is 19.4 Å². The van der Waals surface area contributed by atoms with Crippen LogP contribution in [-0.2, 0) is 9.59 Å².